The van der Waals surface area contributed by atoms with Gasteiger partial charge < -0.3 is 4.74 Å². The van der Waals surface area contributed by atoms with Gasteiger partial charge in [0.2, 0.25) is 0 Å². The van der Waals surface area contributed by atoms with Gasteiger partial charge in [0.05, 0.1) is 11.3 Å². The summed E-state index contributed by atoms with van der Waals surface area (Å²) in [5.74, 6) is -0.553. The van der Waals surface area contributed by atoms with Gasteiger partial charge >= 0.3 is 6.61 Å². The van der Waals surface area contributed by atoms with Gasteiger partial charge in [-0.3, -0.25) is 4.79 Å². The number of allylic oxidation sites excluding steroid dienone is 2. The Balaban J connectivity index is 2.29. The first-order chi connectivity index (χ1) is 9.90. The zero-order chi connectivity index (χ0) is 15.6. The molecule has 3 unspecified atom stereocenters. The van der Waals surface area contributed by atoms with Crippen molar-refractivity contribution in [3.05, 3.63) is 42.0 Å². The smallest absolute Gasteiger partial charge is 0.387 e. The highest BCUT2D eigenvalue weighted by Crippen LogP contribution is 2.35. The molecule has 5 heteroatoms. The predicted octanol–water partition coefficient (Wildman–Crippen LogP) is 4.39. The summed E-state index contributed by atoms with van der Waals surface area (Å²) in [6.45, 7) is 1.02. The average molecular weight is 315 g/mol. The van der Waals surface area contributed by atoms with E-state index in [1.807, 2.05) is 13.8 Å². The van der Waals surface area contributed by atoms with E-state index in [0.29, 0.717) is 5.56 Å². The Morgan fingerprint density at radius 2 is 1.95 bits per heavy atom. The minimum absolute atomic E-state index is 0.0155. The van der Waals surface area contributed by atoms with Crippen LogP contribution >= 0.6 is 11.6 Å². The van der Waals surface area contributed by atoms with Crippen LogP contribution in [-0.4, -0.2) is 17.8 Å². The van der Waals surface area contributed by atoms with Crippen molar-refractivity contribution in [1.82, 2.24) is 0 Å². The lowest BCUT2D eigenvalue weighted by atomic mass is 9.76. The fourth-order valence-corrected chi connectivity index (χ4v) is 3.15. The number of benzene rings is 1. The van der Waals surface area contributed by atoms with Crippen LogP contribution in [0.15, 0.2) is 36.4 Å². The van der Waals surface area contributed by atoms with Crippen LogP contribution in [-0.2, 0) is 4.79 Å². The van der Waals surface area contributed by atoms with Crippen molar-refractivity contribution in [3.63, 3.8) is 0 Å². The van der Waals surface area contributed by atoms with E-state index >= 15 is 0 Å². The number of ether oxygens (including phenoxy) is 1. The largest absolute Gasteiger partial charge is 0.435 e. The minimum atomic E-state index is -2.88. The zero-order valence-corrected chi connectivity index (χ0v) is 12.6. The average Bonchev–Trinajstić information content (AvgIpc) is 2.37. The summed E-state index contributed by atoms with van der Waals surface area (Å²) in [6, 6.07) is 6.25. The normalized spacial score (nSPS) is 25.7. The Morgan fingerprint density at radius 3 is 2.57 bits per heavy atom. The van der Waals surface area contributed by atoms with Gasteiger partial charge in [-0.25, -0.2) is 0 Å². The van der Waals surface area contributed by atoms with Crippen molar-refractivity contribution < 1.29 is 18.3 Å². The van der Waals surface area contributed by atoms with Crippen molar-refractivity contribution in [2.45, 2.75) is 31.8 Å². The van der Waals surface area contributed by atoms with Gasteiger partial charge in [-0.05, 0) is 23.6 Å². The molecular formula is C16H17ClF2O2. The van der Waals surface area contributed by atoms with E-state index in [1.165, 1.54) is 12.1 Å². The highest BCUT2D eigenvalue weighted by molar-refractivity contribution is 6.24. The molecule has 1 aromatic carbocycles. The summed E-state index contributed by atoms with van der Waals surface area (Å²) in [4.78, 5) is 12.6. The molecule has 114 valence electrons. The lowest BCUT2D eigenvalue weighted by molar-refractivity contribution is -0.124. The molecule has 0 aromatic heterocycles. The summed E-state index contributed by atoms with van der Waals surface area (Å²) in [7, 11) is 0. The van der Waals surface area contributed by atoms with Crippen molar-refractivity contribution in [1.29, 1.82) is 0 Å². The maximum absolute atomic E-state index is 12.6. The molecule has 21 heavy (non-hydrogen) atoms. The number of carbonyl (C=O) groups is 1. The number of carbonyl (C=O) groups excluding carboxylic acids is 1. The third kappa shape index (κ3) is 3.62. The molecule has 1 aromatic rings. The molecule has 1 aliphatic carbocycles. The van der Waals surface area contributed by atoms with E-state index in [1.54, 1.807) is 24.3 Å². The number of ketones is 1. The number of alkyl halides is 3. The molecule has 0 saturated heterocycles. The monoisotopic (exact) mass is 314 g/mol. The standard InChI is InChI=1S/C16H17ClF2O2/c1-9(2)14-13(17)7-6-12(15(14)20)10-4-3-5-11(8-10)21-16(18)19/h3-9,12-14,16H,1-2H3. The van der Waals surface area contributed by atoms with Gasteiger partial charge in [-0.1, -0.05) is 38.1 Å². The number of hydrogen-bond acceptors (Lipinski definition) is 2. The maximum atomic E-state index is 12.6. The lowest BCUT2D eigenvalue weighted by Crippen LogP contribution is -2.34. The van der Waals surface area contributed by atoms with Crippen LogP contribution in [0.3, 0.4) is 0 Å². The summed E-state index contributed by atoms with van der Waals surface area (Å²) in [6.07, 6.45) is 3.54. The summed E-state index contributed by atoms with van der Waals surface area (Å²) >= 11 is 6.19. The maximum Gasteiger partial charge on any atom is 0.387 e. The van der Waals surface area contributed by atoms with Gasteiger partial charge in [0, 0.05) is 5.92 Å². The Morgan fingerprint density at radius 1 is 1.24 bits per heavy atom. The van der Waals surface area contributed by atoms with Crippen LogP contribution < -0.4 is 4.74 Å². The molecule has 0 fully saturated rings. The zero-order valence-electron chi connectivity index (χ0n) is 11.8. The van der Waals surface area contributed by atoms with Crippen LogP contribution in [0.25, 0.3) is 0 Å². The second-order valence-corrected chi connectivity index (χ2v) is 5.93. The fourth-order valence-electron chi connectivity index (χ4n) is 2.65. The van der Waals surface area contributed by atoms with Crippen LogP contribution in [0.2, 0.25) is 0 Å². The van der Waals surface area contributed by atoms with Crippen molar-refractivity contribution >= 4 is 17.4 Å². The van der Waals surface area contributed by atoms with Crippen molar-refractivity contribution in [2.24, 2.45) is 11.8 Å². The third-order valence-electron chi connectivity index (χ3n) is 3.63. The van der Waals surface area contributed by atoms with Crippen LogP contribution in [0.1, 0.15) is 25.3 Å². The number of rotatable bonds is 4. The number of Topliss-reactive ketones (excluding diaryl/α,β-unsaturated/α-hetero) is 1. The molecule has 0 amide bonds. The van der Waals surface area contributed by atoms with Crippen LogP contribution in [0.5, 0.6) is 5.75 Å². The van der Waals surface area contributed by atoms with Gasteiger partial charge in [0.15, 0.2) is 0 Å². The van der Waals surface area contributed by atoms with E-state index < -0.39 is 12.5 Å². The van der Waals surface area contributed by atoms with Crippen molar-refractivity contribution in [2.75, 3.05) is 0 Å². The second kappa shape index (κ2) is 6.56. The summed E-state index contributed by atoms with van der Waals surface area (Å²) in [5, 5.41) is -0.325. The number of hydrogen-bond donors (Lipinski definition) is 0. The quantitative estimate of drug-likeness (QED) is 0.608. The third-order valence-corrected chi connectivity index (χ3v) is 4.04. The highest BCUT2D eigenvalue weighted by atomic mass is 35.5. The second-order valence-electron chi connectivity index (χ2n) is 5.43. The first-order valence-electron chi connectivity index (χ1n) is 6.81. The number of halogens is 3. The molecule has 0 saturated carbocycles. The molecule has 0 heterocycles. The van der Waals surface area contributed by atoms with E-state index in [4.69, 9.17) is 11.6 Å². The minimum Gasteiger partial charge on any atom is -0.435 e. The Hall–Kier alpha value is -1.42. The fraction of sp³-hybridized carbons (Fsp3) is 0.438. The first kappa shape index (κ1) is 16.0. The molecule has 2 rings (SSSR count). The van der Waals surface area contributed by atoms with E-state index in [-0.39, 0.29) is 28.7 Å². The van der Waals surface area contributed by atoms with E-state index in [0.717, 1.165) is 0 Å². The van der Waals surface area contributed by atoms with Crippen molar-refractivity contribution in [3.8, 4) is 5.75 Å². The summed E-state index contributed by atoms with van der Waals surface area (Å²) < 4.78 is 28.9. The van der Waals surface area contributed by atoms with Gasteiger partial charge in [0.25, 0.3) is 0 Å². The molecule has 0 spiro atoms. The first-order valence-corrected chi connectivity index (χ1v) is 7.24. The molecule has 1 aliphatic rings. The lowest BCUT2D eigenvalue weighted by Gasteiger charge is -2.30. The molecule has 3 atom stereocenters. The van der Waals surface area contributed by atoms with E-state index in [9.17, 15) is 13.6 Å². The van der Waals surface area contributed by atoms with Crippen LogP contribution in [0, 0.1) is 11.8 Å². The predicted molar refractivity (Wildman–Crippen MR) is 77.9 cm³/mol. The molecule has 0 radical (unpaired) electrons. The molecule has 0 bridgehead atoms. The van der Waals surface area contributed by atoms with Gasteiger partial charge in [-0.15, -0.1) is 11.6 Å². The Kier molecular flexibility index (Phi) is 4.99. The molecular weight excluding hydrogens is 298 g/mol. The van der Waals surface area contributed by atoms with Gasteiger partial charge in [0.1, 0.15) is 11.5 Å². The van der Waals surface area contributed by atoms with E-state index in [2.05, 4.69) is 4.74 Å². The topological polar surface area (TPSA) is 26.3 Å². The SMILES string of the molecule is CC(C)C1C(=O)C(c2cccc(OC(F)F)c2)C=CC1Cl. The molecule has 0 N–H and O–H groups in total. The molecule has 0 aliphatic heterocycles. The van der Waals surface area contributed by atoms with Crippen LogP contribution in [0.4, 0.5) is 8.78 Å². The Labute approximate surface area is 127 Å². The van der Waals surface area contributed by atoms with Gasteiger partial charge in [-0.2, -0.15) is 8.78 Å². The summed E-state index contributed by atoms with van der Waals surface area (Å²) in [5.41, 5.74) is 0.642. The Bertz CT molecular complexity index is 543. The molecule has 2 nitrogen and oxygen atoms in total. The highest BCUT2D eigenvalue weighted by Gasteiger charge is 2.36.